The molecule has 0 unspecified atom stereocenters. The molecular formula is C21H24N4O3S. The molecule has 152 valence electrons. The number of ether oxygens (including phenoxy) is 2. The molecule has 3 aromatic rings. The van der Waals surface area contributed by atoms with Gasteiger partial charge in [0, 0.05) is 6.54 Å². The highest BCUT2D eigenvalue weighted by Crippen LogP contribution is 2.24. The standard InChI is InChI=1S/C21H24N4O3S/c1-3-25-19(14-28-16-10-6-5-7-11-16)23-24-21(25)29-15-20(26)22-17-12-8-9-13-18(17)27-4-2/h5-13H,3-4,14-15H2,1-2H3,(H,22,26). The Morgan fingerprint density at radius 3 is 2.55 bits per heavy atom. The Labute approximate surface area is 174 Å². The maximum atomic E-state index is 12.4. The first kappa shape index (κ1) is 20.7. The molecule has 7 nitrogen and oxygen atoms in total. The second kappa shape index (κ2) is 10.5. The van der Waals surface area contributed by atoms with Crippen LogP contribution in [0.1, 0.15) is 19.7 Å². The Morgan fingerprint density at radius 1 is 1.03 bits per heavy atom. The van der Waals surface area contributed by atoms with E-state index in [1.807, 2.05) is 73.0 Å². The Bertz CT molecular complexity index is 931. The molecule has 1 N–H and O–H groups in total. The number of hydrogen-bond acceptors (Lipinski definition) is 6. The monoisotopic (exact) mass is 412 g/mol. The fourth-order valence-electron chi connectivity index (χ4n) is 2.68. The van der Waals surface area contributed by atoms with E-state index in [4.69, 9.17) is 9.47 Å². The van der Waals surface area contributed by atoms with Crippen molar-refractivity contribution in [1.82, 2.24) is 14.8 Å². The van der Waals surface area contributed by atoms with E-state index in [9.17, 15) is 4.79 Å². The maximum Gasteiger partial charge on any atom is 0.234 e. The predicted octanol–water partition coefficient (Wildman–Crippen LogP) is 4.01. The van der Waals surface area contributed by atoms with Gasteiger partial charge in [0.2, 0.25) is 5.91 Å². The van der Waals surface area contributed by atoms with E-state index in [1.165, 1.54) is 11.8 Å². The van der Waals surface area contributed by atoms with Crippen LogP contribution in [0.2, 0.25) is 0 Å². The second-order valence-electron chi connectivity index (χ2n) is 6.01. The number of anilines is 1. The smallest absolute Gasteiger partial charge is 0.234 e. The number of carbonyl (C=O) groups excluding carboxylic acids is 1. The van der Waals surface area contributed by atoms with Crippen LogP contribution in [0.3, 0.4) is 0 Å². The van der Waals surface area contributed by atoms with Crippen LogP contribution in [-0.2, 0) is 17.9 Å². The molecule has 0 aliphatic carbocycles. The fraction of sp³-hybridized carbons (Fsp3) is 0.286. The summed E-state index contributed by atoms with van der Waals surface area (Å²) in [6.45, 7) is 5.47. The normalized spacial score (nSPS) is 10.6. The summed E-state index contributed by atoms with van der Waals surface area (Å²) >= 11 is 1.34. The summed E-state index contributed by atoms with van der Waals surface area (Å²) in [7, 11) is 0. The fourth-order valence-corrected chi connectivity index (χ4v) is 3.50. The summed E-state index contributed by atoms with van der Waals surface area (Å²) in [5, 5.41) is 12.0. The molecule has 2 aromatic carbocycles. The highest BCUT2D eigenvalue weighted by Gasteiger charge is 2.14. The molecule has 0 aliphatic heterocycles. The van der Waals surface area contributed by atoms with E-state index in [0.717, 1.165) is 11.6 Å². The molecule has 0 atom stereocenters. The van der Waals surface area contributed by atoms with Gasteiger partial charge in [-0.05, 0) is 38.1 Å². The van der Waals surface area contributed by atoms with Gasteiger partial charge in [-0.3, -0.25) is 4.79 Å². The van der Waals surface area contributed by atoms with E-state index >= 15 is 0 Å². The molecule has 0 radical (unpaired) electrons. The summed E-state index contributed by atoms with van der Waals surface area (Å²) in [5.41, 5.74) is 0.661. The summed E-state index contributed by atoms with van der Waals surface area (Å²) in [5.74, 6) is 2.25. The third-order valence-corrected chi connectivity index (χ3v) is 4.98. The van der Waals surface area contributed by atoms with Gasteiger partial charge in [-0.1, -0.05) is 42.1 Å². The number of amides is 1. The summed E-state index contributed by atoms with van der Waals surface area (Å²) in [6.07, 6.45) is 0. The first-order chi connectivity index (χ1) is 14.2. The number of rotatable bonds is 10. The zero-order valence-corrected chi connectivity index (χ0v) is 17.3. The van der Waals surface area contributed by atoms with Crippen molar-refractivity contribution in [2.45, 2.75) is 32.2 Å². The van der Waals surface area contributed by atoms with Crippen LogP contribution in [0.25, 0.3) is 0 Å². The number of benzene rings is 2. The Morgan fingerprint density at radius 2 is 1.79 bits per heavy atom. The van der Waals surface area contributed by atoms with Crippen LogP contribution in [0, 0.1) is 0 Å². The Hall–Kier alpha value is -3.00. The van der Waals surface area contributed by atoms with Crippen LogP contribution >= 0.6 is 11.8 Å². The molecule has 0 spiro atoms. The van der Waals surface area contributed by atoms with Crippen molar-refractivity contribution in [2.75, 3.05) is 17.7 Å². The van der Waals surface area contributed by atoms with Crippen molar-refractivity contribution in [1.29, 1.82) is 0 Å². The van der Waals surface area contributed by atoms with Crippen LogP contribution in [0.5, 0.6) is 11.5 Å². The summed E-state index contributed by atoms with van der Waals surface area (Å²) in [4.78, 5) is 12.4. The number of carbonyl (C=O) groups is 1. The minimum atomic E-state index is -0.130. The van der Waals surface area contributed by atoms with Gasteiger partial charge in [-0.25, -0.2) is 0 Å². The molecule has 1 aromatic heterocycles. The maximum absolute atomic E-state index is 12.4. The van der Waals surface area contributed by atoms with Crippen molar-refractivity contribution in [3.05, 3.63) is 60.4 Å². The average molecular weight is 413 g/mol. The van der Waals surface area contributed by atoms with Gasteiger partial charge in [0.1, 0.15) is 18.1 Å². The Balaban J connectivity index is 1.58. The number of aromatic nitrogens is 3. The largest absolute Gasteiger partial charge is 0.492 e. The van der Waals surface area contributed by atoms with Gasteiger partial charge < -0.3 is 19.4 Å². The molecule has 1 heterocycles. The van der Waals surface area contributed by atoms with Gasteiger partial charge in [-0.2, -0.15) is 0 Å². The molecule has 0 fully saturated rings. The molecule has 0 saturated carbocycles. The Kier molecular flexibility index (Phi) is 7.52. The molecule has 8 heteroatoms. The van der Waals surface area contributed by atoms with Crippen molar-refractivity contribution in [2.24, 2.45) is 0 Å². The van der Waals surface area contributed by atoms with E-state index in [0.29, 0.717) is 36.4 Å². The summed E-state index contributed by atoms with van der Waals surface area (Å²) < 4.78 is 13.3. The second-order valence-corrected chi connectivity index (χ2v) is 6.95. The first-order valence-electron chi connectivity index (χ1n) is 9.45. The highest BCUT2D eigenvalue weighted by atomic mass is 32.2. The topological polar surface area (TPSA) is 78.3 Å². The molecular weight excluding hydrogens is 388 g/mol. The molecule has 0 aliphatic rings. The minimum Gasteiger partial charge on any atom is -0.492 e. The molecule has 29 heavy (non-hydrogen) atoms. The predicted molar refractivity (Wildman–Crippen MR) is 113 cm³/mol. The van der Waals surface area contributed by atoms with Crippen molar-refractivity contribution < 1.29 is 14.3 Å². The van der Waals surface area contributed by atoms with Crippen LogP contribution in [0.4, 0.5) is 5.69 Å². The quantitative estimate of drug-likeness (QED) is 0.507. The van der Waals surface area contributed by atoms with Gasteiger partial charge in [0.15, 0.2) is 11.0 Å². The lowest BCUT2D eigenvalue weighted by molar-refractivity contribution is -0.113. The van der Waals surface area contributed by atoms with Gasteiger partial charge >= 0.3 is 0 Å². The van der Waals surface area contributed by atoms with E-state index < -0.39 is 0 Å². The first-order valence-corrected chi connectivity index (χ1v) is 10.4. The SMILES string of the molecule is CCOc1ccccc1NC(=O)CSc1nnc(COc2ccccc2)n1CC. The third kappa shape index (κ3) is 5.74. The number of hydrogen-bond donors (Lipinski definition) is 1. The molecule has 3 rings (SSSR count). The lowest BCUT2D eigenvalue weighted by atomic mass is 10.3. The van der Waals surface area contributed by atoms with Gasteiger partial charge in [0.25, 0.3) is 0 Å². The summed E-state index contributed by atoms with van der Waals surface area (Å²) in [6, 6.07) is 17.0. The van der Waals surface area contributed by atoms with Gasteiger partial charge in [0.05, 0.1) is 18.0 Å². The van der Waals surface area contributed by atoms with Crippen LogP contribution in [-0.4, -0.2) is 33.0 Å². The number of thioether (sulfide) groups is 1. The minimum absolute atomic E-state index is 0.130. The van der Waals surface area contributed by atoms with Gasteiger partial charge in [-0.15, -0.1) is 10.2 Å². The average Bonchev–Trinajstić information content (AvgIpc) is 3.15. The van der Waals surface area contributed by atoms with Crippen molar-refractivity contribution in [3.8, 4) is 11.5 Å². The van der Waals surface area contributed by atoms with E-state index in [1.54, 1.807) is 0 Å². The van der Waals surface area contributed by atoms with Crippen molar-refractivity contribution >= 4 is 23.4 Å². The molecule has 0 saturated heterocycles. The number of nitrogens with zero attached hydrogens (tertiary/aromatic N) is 3. The lowest BCUT2D eigenvalue weighted by Crippen LogP contribution is -2.15. The molecule has 1 amide bonds. The van der Waals surface area contributed by atoms with E-state index in [-0.39, 0.29) is 11.7 Å². The van der Waals surface area contributed by atoms with Crippen LogP contribution < -0.4 is 14.8 Å². The number of nitrogens with one attached hydrogen (secondary N) is 1. The third-order valence-electron chi connectivity index (χ3n) is 4.01. The van der Waals surface area contributed by atoms with Crippen molar-refractivity contribution in [3.63, 3.8) is 0 Å². The zero-order chi connectivity index (χ0) is 20.5. The lowest BCUT2D eigenvalue weighted by Gasteiger charge is -2.11. The highest BCUT2D eigenvalue weighted by molar-refractivity contribution is 7.99. The van der Waals surface area contributed by atoms with E-state index in [2.05, 4.69) is 15.5 Å². The number of para-hydroxylation sites is 3. The molecule has 0 bridgehead atoms. The van der Waals surface area contributed by atoms with Crippen LogP contribution in [0.15, 0.2) is 59.8 Å². The zero-order valence-electron chi connectivity index (χ0n) is 16.5.